The fraction of sp³-hybridized carbons (Fsp3) is 0.125. The third kappa shape index (κ3) is 3.65. The van der Waals surface area contributed by atoms with Gasteiger partial charge in [0.25, 0.3) is 0 Å². The zero-order valence-electron chi connectivity index (χ0n) is 11.4. The van der Waals surface area contributed by atoms with Crippen molar-refractivity contribution < 1.29 is 4.42 Å². The molecule has 1 aromatic heterocycles. The summed E-state index contributed by atoms with van der Waals surface area (Å²) in [4.78, 5) is 1.19. The Morgan fingerprint density at radius 1 is 1.00 bits per heavy atom. The minimum atomic E-state index is 0.520. The molecule has 0 unspecified atom stereocenters. The van der Waals surface area contributed by atoms with E-state index in [0.717, 1.165) is 5.56 Å². The molecule has 1 heterocycles. The molecule has 0 saturated carbocycles. The number of benzene rings is 2. The largest absolute Gasteiger partial charge is 0.420 e. The molecule has 0 amide bonds. The molecule has 2 aromatic carbocycles. The van der Waals surface area contributed by atoms with Gasteiger partial charge in [-0.05, 0) is 43.3 Å². The van der Waals surface area contributed by atoms with Crippen molar-refractivity contribution in [3.05, 3.63) is 65.0 Å². The molecule has 0 aliphatic rings. The number of aryl methyl sites for hydroxylation is 1. The lowest BCUT2D eigenvalue weighted by molar-refractivity contribution is 0.528. The maximum atomic E-state index is 5.86. The normalized spacial score (nSPS) is 10.8. The van der Waals surface area contributed by atoms with Crippen LogP contribution in [0, 0.1) is 6.92 Å². The monoisotopic (exact) mass is 316 g/mol. The summed E-state index contributed by atoms with van der Waals surface area (Å²) in [5, 5.41) is 8.83. The molecule has 3 aromatic rings. The number of rotatable bonds is 4. The zero-order chi connectivity index (χ0) is 14.7. The Labute approximate surface area is 132 Å². The summed E-state index contributed by atoms with van der Waals surface area (Å²) in [6, 6.07) is 15.7. The number of halogens is 1. The maximum absolute atomic E-state index is 5.86. The summed E-state index contributed by atoms with van der Waals surface area (Å²) in [5.74, 6) is 1.79. The highest BCUT2D eigenvalue weighted by atomic mass is 35.5. The van der Waals surface area contributed by atoms with E-state index in [9.17, 15) is 0 Å². The molecule has 3 nitrogen and oxygen atoms in total. The van der Waals surface area contributed by atoms with E-state index in [1.807, 2.05) is 24.3 Å². The van der Waals surface area contributed by atoms with Crippen molar-refractivity contribution in [1.82, 2.24) is 10.2 Å². The van der Waals surface area contributed by atoms with Crippen LogP contribution >= 0.6 is 23.4 Å². The van der Waals surface area contributed by atoms with E-state index in [1.54, 1.807) is 11.8 Å². The van der Waals surface area contributed by atoms with Crippen molar-refractivity contribution in [3.63, 3.8) is 0 Å². The van der Waals surface area contributed by atoms with Crippen LogP contribution in [-0.4, -0.2) is 10.2 Å². The summed E-state index contributed by atoms with van der Waals surface area (Å²) in [7, 11) is 0. The van der Waals surface area contributed by atoms with Crippen LogP contribution in [0.15, 0.2) is 57.8 Å². The predicted molar refractivity (Wildman–Crippen MR) is 85.5 cm³/mol. The van der Waals surface area contributed by atoms with Crippen LogP contribution < -0.4 is 0 Å². The number of aromatic nitrogens is 2. The SMILES string of the molecule is Cc1ccc(SCc2nnc(-c3ccc(Cl)cc3)o2)cc1. The number of thioether (sulfide) groups is 1. The van der Waals surface area contributed by atoms with Gasteiger partial charge in [-0.25, -0.2) is 0 Å². The Morgan fingerprint density at radius 2 is 1.71 bits per heavy atom. The van der Waals surface area contributed by atoms with Gasteiger partial charge in [-0.3, -0.25) is 0 Å². The molecular formula is C16H13ClN2OS. The molecule has 5 heteroatoms. The van der Waals surface area contributed by atoms with Gasteiger partial charge >= 0.3 is 0 Å². The Bertz CT molecular complexity index is 723. The van der Waals surface area contributed by atoms with Gasteiger partial charge in [-0.15, -0.1) is 22.0 Å². The summed E-state index contributed by atoms with van der Waals surface area (Å²) >= 11 is 7.54. The first kappa shape index (κ1) is 14.2. The molecule has 0 bridgehead atoms. The number of nitrogens with zero attached hydrogens (tertiary/aromatic N) is 2. The highest BCUT2D eigenvalue weighted by molar-refractivity contribution is 7.98. The number of hydrogen-bond donors (Lipinski definition) is 0. The van der Waals surface area contributed by atoms with Gasteiger partial charge < -0.3 is 4.42 Å². The highest BCUT2D eigenvalue weighted by Gasteiger charge is 2.08. The van der Waals surface area contributed by atoms with Crippen LogP contribution in [0.4, 0.5) is 0 Å². The van der Waals surface area contributed by atoms with Crippen LogP contribution in [-0.2, 0) is 5.75 Å². The molecule has 21 heavy (non-hydrogen) atoms. The average molecular weight is 317 g/mol. The second kappa shape index (κ2) is 6.33. The molecule has 0 radical (unpaired) electrons. The Hall–Kier alpha value is -1.78. The van der Waals surface area contributed by atoms with Crippen molar-refractivity contribution in [1.29, 1.82) is 0 Å². The molecule has 0 aliphatic carbocycles. The fourth-order valence-corrected chi connectivity index (χ4v) is 2.66. The van der Waals surface area contributed by atoms with E-state index in [1.165, 1.54) is 10.5 Å². The zero-order valence-corrected chi connectivity index (χ0v) is 13.0. The molecule has 0 atom stereocenters. The third-order valence-corrected chi connectivity index (χ3v) is 4.19. The smallest absolute Gasteiger partial charge is 0.247 e. The minimum Gasteiger partial charge on any atom is -0.420 e. The van der Waals surface area contributed by atoms with E-state index in [0.29, 0.717) is 22.6 Å². The summed E-state index contributed by atoms with van der Waals surface area (Å²) in [6.07, 6.45) is 0. The van der Waals surface area contributed by atoms with Crippen molar-refractivity contribution in [2.75, 3.05) is 0 Å². The Morgan fingerprint density at radius 3 is 2.43 bits per heavy atom. The molecule has 3 rings (SSSR count). The Kier molecular flexibility index (Phi) is 4.27. The van der Waals surface area contributed by atoms with Crippen molar-refractivity contribution in [2.45, 2.75) is 17.6 Å². The predicted octanol–water partition coefficient (Wildman–Crippen LogP) is 4.99. The van der Waals surface area contributed by atoms with Gasteiger partial charge in [0.1, 0.15) is 0 Å². The van der Waals surface area contributed by atoms with E-state index in [2.05, 4.69) is 41.4 Å². The van der Waals surface area contributed by atoms with Crippen molar-refractivity contribution in [2.24, 2.45) is 0 Å². The van der Waals surface area contributed by atoms with Crippen LogP contribution in [0.5, 0.6) is 0 Å². The minimum absolute atomic E-state index is 0.520. The van der Waals surface area contributed by atoms with Gasteiger partial charge in [0.2, 0.25) is 11.8 Å². The van der Waals surface area contributed by atoms with Gasteiger partial charge in [-0.2, -0.15) is 0 Å². The van der Waals surface area contributed by atoms with Crippen LogP contribution in [0.2, 0.25) is 5.02 Å². The first-order valence-electron chi connectivity index (χ1n) is 6.48. The standard InChI is InChI=1S/C16H13ClN2OS/c1-11-2-8-14(9-3-11)21-10-15-18-19-16(20-15)12-4-6-13(17)7-5-12/h2-9H,10H2,1H3. The quantitative estimate of drug-likeness (QED) is 0.636. The van der Waals surface area contributed by atoms with Crippen LogP contribution in [0.25, 0.3) is 11.5 Å². The lowest BCUT2D eigenvalue weighted by Gasteiger charge is -1.99. The van der Waals surface area contributed by atoms with E-state index in [4.69, 9.17) is 16.0 Å². The molecule has 0 spiro atoms. The van der Waals surface area contributed by atoms with Crippen LogP contribution in [0.1, 0.15) is 11.5 Å². The average Bonchev–Trinajstić information content (AvgIpc) is 2.96. The number of hydrogen-bond acceptors (Lipinski definition) is 4. The summed E-state index contributed by atoms with van der Waals surface area (Å²) in [6.45, 7) is 2.07. The van der Waals surface area contributed by atoms with E-state index in [-0.39, 0.29) is 0 Å². The van der Waals surface area contributed by atoms with E-state index >= 15 is 0 Å². The maximum Gasteiger partial charge on any atom is 0.247 e. The van der Waals surface area contributed by atoms with Gasteiger partial charge in [-0.1, -0.05) is 29.3 Å². The Balaban J connectivity index is 1.67. The topological polar surface area (TPSA) is 38.9 Å². The fourth-order valence-electron chi connectivity index (χ4n) is 1.80. The van der Waals surface area contributed by atoms with Crippen molar-refractivity contribution >= 4 is 23.4 Å². The van der Waals surface area contributed by atoms with Gasteiger partial charge in [0, 0.05) is 15.5 Å². The van der Waals surface area contributed by atoms with E-state index < -0.39 is 0 Å². The second-order valence-electron chi connectivity index (χ2n) is 4.61. The molecule has 0 aliphatic heterocycles. The molecule has 0 fully saturated rings. The third-order valence-electron chi connectivity index (χ3n) is 2.94. The summed E-state index contributed by atoms with van der Waals surface area (Å²) in [5.41, 5.74) is 2.13. The molecule has 106 valence electrons. The first-order chi connectivity index (χ1) is 10.2. The highest BCUT2D eigenvalue weighted by Crippen LogP contribution is 2.25. The molecular weight excluding hydrogens is 304 g/mol. The first-order valence-corrected chi connectivity index (χ1v) is 7.85. The summed E-state index contributed by atoms with van der Waals surface area (Å²) < 4.78 is 5.67. The van der Waals surface area contributed by atoms with Crippen LogP contribution in [0.3, 0.4) is 0 Å². The van der Waals surface area contributed by atoms with Crippen molar-refractivity contribution in [3.8, 4) is 11.5 Å². The lowest BCUT2D eigenvalue weighted by Crippen LogP contribution is -1.80. The lowest BCUT2D eigenvalue weighted by atomic mass is 10.2. The molecule has 0 N–H and O–H groups in total. The van der Waals surface area contributed by atoms with Gasteiger partial charge in [0.15, 0.2) is 0 Å². The van der Waals surface area contributed by atoms with Gasteiger partial charge in [0.05, 0.1) is 5.75 Å². The molecule has 0 saturated heterocycles. The second-order valence-corrected chi connectivity index (χ2v) is 6.09.